The van der Waals surface area contributed by atoms with Crippen LogP contribution in [0.4, 0.5) is 18.9 Å². The van der Waals surface area contributed by atoms with Gasteiger partial charge in [0, 0.05) is 0 Å². The number of hydrogen-bond acceptors (Lipinski definition) is 4. The van der Waals surface area contributed by atoms with Crippen LogP contribution in [0.1, 0.15) is 12.5 Å². The van der Waals surface area contributed by atoms with E-state index in [9.17, 15) is 27.9 Å². The van der Waals surface area contributed by atoms with Crippen molar-refractivity contribution in [3.8, 4) is 0 Å². The Morgan fingerprint density at radius 1 is 1.23 bits per heavy atom. The van der Waals surface area contributed by atoms with Gasteiger partial charge in [0.05, 0.1) is 40.3 Å². The Morgan fingerprint density at radius 2 is 1.88 bits per heavy atom. The fraction of sp³-hybridized carbons (Fsp3) is 0.412. The zero-order valence-electron chi connectivity index (χ0n) is 13.4. The predicted octanol–water partition coefficient (Wildman–Crippen LogP) is 2.55. The van der Waals surface area contributed by atoms with Gasteiger partial charge < -0.3 is 9.84 Å². The number of halogens is 4. The van der Waals surface area contributed by atoms with Gasteiger partial charge in [-0.1, -0.05) is 23.8 Å². The Balaban J connectivity index is 1.82. The maximum absolute atomic E-state index is 13.0. The number of amides is 2. The van der Waals surface area contributed by atoms with Gasteiger partial charge in [0.25, 0.3) is 0 Å². The molecule has 1 aromatic carbocycles. The van der Waals surface area contributed by atoms with Gasteiger partial charge in [-0.05, 0) is 25.1 Å². The van der Waals surface area contributed by atoms with Gasteiger partial charge in [-0.25, -0.2) is 4.90 Å². The quantitative estimate of drug-likeness (QED) is 0.625. The summed E-state index contributed by atoms with van der Waals surface area (Å²) in [4.78, 5) is 26.6. The molecule has 0 spiro atoms. The monoisotopic (exact) mass is 387 g/mol. The van der Waals surface area contributed by atoms with E-state index in [1.54, 1.807) is 13.0 Å². The van der Waals surface area contributed by atoms with Crippen molar-refractivity contribution < 1.29 is 32.6 Å². The topological polar surface area (TPSA) is 66.8 Å². The smallest absolute Gasteiger partial charge is 0.393 e. The highest BCUT2D eigenvalue weighted by Gasteiger charge is 2.72. The van der Waals surface area contributed by atoms with Gasteiger partial charge in [0.1, 0.15) is 5.60 Å². The first kappa shape index (κ1) is 17.5. The summed E-state index contributed by atoms with van der Waals surface area (Å²) in [6, 6.07) is 2.47. The molecule has 0 unspecified atom stereocenters. The van der Waals surface area contributed by atoms with Crippen LogP contribution in [-0.4, -0.2) is 34.7 Å². The third-order valence-corrected chi connectivity index (χ3v) is 5.64. The summed E-state index contributed by atoms with van der Waals surface area (Å²) in [5.74, 6) is -3.37. The van der Waals surface area contributed by atoms with Crippen molar-refractivity contribution in [2.75, 3.05) is 11.5 Å². The van der Waals surface area contributed by atoms with Crippen LogP contribution in [0.3, 0.4) is 0 Å². The lowest BCUT2D eigenvalue weighted by Crippen LogP contribution is -2.43. The normalized spacial score (nSPS) is 35.5. The molecule has 2 fully saturated rings. The number of ether oxygens (including phenoxy) is 1. The summed E-state index contributed by atoms with van der Waals surface area (Å²) in [6.45, 7) is 1.08. The van der Waals surface area contributed by atoms with Crippen molar-refractivity contribution in [1.82, 2.24) is 0 Å². The summed E-state index contributed by atoms with van der Waals surface area (Å²) in [5.41, 5.74) is -3.80. The standard InChI is InChI=1S/C17H13ClF3NO4/c1-15-4-5-16(7-23,26-15)12-11(15)13(24)22(14(12)25)10-6-8(17(19,20)21)2-3-9(10)18/h2-6,11-12,23H,7H2,1H3/t11-,12-,15-,16-/m0/s1. The van der Waals surface area contributed by atoms with E-state index in [0.29, 0.717) is 11.0 Å². The van der Waals surface area contributed by atoms with Crippen LogP contribution < -0.4 is 4.90 Å². The molecule has 138 valence electrons. The van der Waals surface area contributed by atoms with Crippen molar-refractivity contribution in [1.29, 1.82) is 0 Å². The van der Waals surface area contributed by atoms with Gasteiger partial charge in [0.15, 0.2) is 0 Å². The molecule has 4 rings (SSSR count). The molecule has 0 saturated carbocycles. The van der Waals surface area contributed by atoms with E-state index >= 15 is 0 Å². The van der Waals surface area contributed by atoms with Crippen LogP contribution in [-0.2, 0) is 20.5 Å². The zero-order chi connectivity index (χ0) is 19.1. The van der Waals surface area contributed by atoms with E-state index < -0.39 is 53.2 Å². The maximum atomic E-state index is 13.0. The van der Waals surface area contributed by atoms with Gasteiger partial charge in [-0.3, -0.25) is 9.59 Å². The number of fused-ring (bicyclic) bond motifs is 5. The number of rotatable bonds is 2. The number of aliphatic hydroxyl groups excluding tert-OH is 1. The molecule has 3 aliphatic rings. The third-order valence-electron chi connectivity index (χ3n) is 5.32. The summed E-state index contributed by atoms with van der Waals surface area (Å²) < 4.78 is 44.8. The lowest BCUT2D eigenvalue weighted by atomic mass is 9.73. The Morgan fingerprint density at radius 3 is 2.50 bits per heavy atom. The lowest BCUT2D eigenvalue weighted by Gasteiger charge is -2.27. The second-order valence-electron chi connectivity index (χ2n) is 6.86. The first-order valence-corrected chi connectivity index (χ1v) is 8.18. The third kappa shape index (κ3) is 2.06. The number of carbonyl (C=O) groups excluding carboxylic acids is 2. The van der Waals surface area contributed by atoms with Gasteiger partial charge in [-0.15, -0.1) is 0 Å². The predicted molar refractivity (Wildman–Crippen MR) is 84.4 cm³/mol. The molecule has 3 aliphatic heterocycles. The molecule has 9 heteroatoms. The van der Waals surface area contributed by atoms with E-state index in [1.807, 2.05) is 0 Å². The van der Waals surface area contributed by atoms with Crippen molar-refractivity contribution in [2.24, 2.45) is 11.8 Å². The van der Waals surface area contributed by atoms with E-state index in [-0.39, 0.29) is 10.7 Å². The fourth-order valence-electron chi connectivity index (χ4n) is 4.14. The van der Waals surface area contributed by atoms with Crippen LogP contribution in [0.25, 0.3) is 0 Å². The van der Waals surface area contributed by atoms with Crippen molar-refractivity contribution in [3.05, 3.63) is 40.9 Å². The molecule has 2 saturated heterocycles. The average molecular weight is 388 g/mol. The highest BCUT2D eigenvalue weighted by atomic mass is 35.5. The molecule has 1 aromatic rings. The van der Waals surface area contributed by atoms with Crippen LogP contribution in [0.2, 0.25) is 5.02 Å². The molecular formula is C17H13ClF3NO4. The Kier molecular flexibility index (Phi) is 3.43. The molecular weight excluding hydrogens is 375 g/mol. The summed E-state index contributed by atoms with van der Waals surface area (Å²) in [5, 5.41) is 9.59. The number of nitrogens with zero attached hydrogens (tertiary/aromatic N) is 1. The molecule has 1 N–H and O–H groups in total. The van der Waals surface area contributed by atoms with Gasteiger partial charge >= 0.3 is 6.18 Å². The molecule has 3 heterocycles. The molecule has 0 aromatic heterocycles. The van der Waals surface area contributed by atoms with E-state index in [4.69, 9.17) is 16.3 Å². The number of imide groups is 1. The summed E-state index contributed by atoms with van der Waals surface area (Å²) in [6.07, 6.45) is -1.51. The zero-order valence-corrected chi connectivity index (χ0v) is 14.1. The minimum absolute atomic E-state index is 0.149. The molecule has 2 amide bonds. The minimum Gasteiger partial charge on any atom is -0.393 e. The van der Waals surface area contributed by atoms with Crippen molar-refractivity contribution in [2.45, 2.75) is 24.3 Å². The fourth-order valence-corrected chi connectivity index (χ4v) is 4.34. The largest absolute Gasteiger partial charge is 0.416 e. The van der Waals surface area contributed by atoms with Crippen molar-refractivity contribution >= 4 is 29.1 Å². The van der Waals surface area contributed by atoms with E-state index in [1.165, 1.54) is 6.08 Å². The molecule has 0 aliphatic carbocycles. The summed E-state index contributed by atoms with van der Waals surface area (Å²) >= 11 is 6.00. The Bertz CT molecular complexity index is 870. The second-order valence-corrected chi connectivity index (χ2v) is 7.27. The molecule has 0 radical (unpaired) electrons. The minimum atomic E-state index is -4.65. The molecule has 2 bridgehead atoms. The second kappa shape index (κ2) is 5.09. The first-order chi connectivity index (χ1) is 12.0. The lowest BCUT2D eigenvalue weighted by molar-refractivity contribution is -0.138. The SMILES string of the molecule is C[C@@]12C=C[C@@](CO)(O1)[C@@H]1C(=O)N(c3cc(C(F)(F)F)ccc3Cl)C(=O)[C@H]12. The number of aliphatic hydroxyl groups is 1. The molecule has 5 nitrogen and oxygen atoms in total. The Labute approximate surface area is 151 Å². The number of benzene rings is 1. The maximum Gasteiger partial charge on any atom is 0.416 e. The Hall–Kier alpha value is -1.90. The first-order valence-electron chi connectivity index (χ1n) is 7.80. The summed E-state index contributed by atoms with van der Waals surface area (Å²) in [7, 11) is 0. The van der Waals surface area contributed by atoms with Gasteiger partial charge in [0.2, 0.25) is 11.8 Å². The average Bonchev–Trinajstić information content (AvgIpc) is 3.13. The van der Waals surface area contributed by atoms with Crippen LogP contribution in [0.15, 0.2) is 30.4 Å². The van der Waals surface area contributed by atoms with E-state index in [2.05, 4.69) is 0 Å². The van der Waals surface area contributed by atoms with Crippen LogP contribution in [0.5, 0.6) is 0 Å². The van der Waals surface area contributed by atoms with Crippen molar-refractivity contribution in [3.63, 3.8) is 0 Å². The van der Waals surface area contributed by atoms with Crippen LogP contribution in [0, 0.1) is 11.8 Å². The number of carbonyl (C=O) groups is 2. The molecule has 26 heavy (non-hydrogen) atoms. The highest BCUT2D eigenvalue weighted by Crippen LogP contribution is 2.58. The highest BCUT2D eigenvalue weighted by molar-refractivity contribution is 6.36. The number of hydrogen-bond donors (Lipinski definition) is 1. The number of anilines is 1. The molecule has 4 atom stereocenters. The van der Waals surface area contributed by atoms with E-state index in [0.717, 1.165) is 12.1 Å². The number of alkyl halides is 3. The van der Waals surface area contributed by atoms with Gasteiger partial charge in [-0.2, -0.15) is 13.2 Å². The van der Waals surface area contributed by atoms with Crippen LogP contribution >= 0.6 is 11.6 Å².